The number of nitrogens with zero attached hydrogens (tertiary/aromatic N) is 2. The molecule has 19 heavy (non-hydrogen) atoms. The Hall–Kier alpha value is -2.30. The molecule has 1 aromatic carbocycles. The summed E-state index contributed by atoms with van der Waals surface area (Å²) in [6, 6.07) is 7.40. The number of aryl methyl sites for hydroxylation is 1. The minimum absolute atomic E-state index is 0.0223. The smallest absolute Gasteiger partial charge is 0.161 e. The van der Waals surface area contributed by atoms with Crippen molar-refractivity contribution in [2.45, 2.75) is 13.3 Å². The first-order valence-corrected chi connectivity index (χ1v) is 6.19. The van der Waals surface area contributed by atoms with Crippen LogP contribution in [0.3, 0.4) is 0 Å². The Labute approximate surface area is 112 Å². The minimum atomic E-state index is -0.0223. The van der Waals surface area contributed by atoms with E-state index in [1.54, 1.807) is 16.8 Å². The molecule has 100 valence electrons. The standard InChI is InChI=1S/C14H18N4O/c1-10(19)13-9-12(3-4-14(13)15)16-7-5-11-6-8-18(2)17-11/h3-4,6,8-9,16H,5,7,15H2,1-2H3. The first-order chi connectivity index (χ1) is 9.06. The number of benzene rings is 1. The van der Waals surface area contributed by atoms with Crippen LogP contribution in [0.4, 0.5) is 11.4 Å². The highest BCUT2D eigenvalue weighted by molar-refractivity contribution is 5.99. The van der Waals surface area contributed by atoms with E-state index >= 15 is 0 Å². The third kappa shape index (κ3) is 3.34. The molecule has 0 aliphatic heterocycles. The van der Waals surface area contributed by atoms with Crippen LogP contribution >= 0.6 is 0 Å². The molecule has 0 aliphatic carbocycles. The van der Waals surface area contributed by atoms with Gasteiger partial charge in [0, 0.05) is 43.1 Å². The Balaban J connectivity index is 1.96. The number of anilines is 2. The second kappa shape index (κ2) is 5.56. The fraction of sp³-hybridized carbons (Fsp3) is 0.286. The molecule has 0 saturated heterocycles. The SMILES string of the molecule is CC(=O)c1cc(NCCc2ccn(C)n2)ccc1N. The number of ketones is 1. The molecule has 0 bridgehead atoms. The van der Waals surface area contributed by atoms with E-state index in [2.05, 4.69) is 10.4 Å². The van der Waals surface area contributed by atoms with Gasteiger partial charge in [-0.2, -0.15) is 5.10 Å². The number of nitrogens with one attached hydrogen (secondary N) is 1. The lowest BCUT2D eigenvalue weighted by atomic mass is 10.1. The highest BCUT2D eigenvalue weighted by Crippen LogP contribution is 2.18. The van der Waals surface area contributed by atoms with Crippen LogP contribution in [0.25, 0.3) is 0 Å². The number of nitrogen functional groups attached to an aromatic ring is 1. The number of hydrogen-bond donors (Lipinski definition) is 2. The molecular weight excluding hydrogens is 240 g/mol. The maximum Gasteiger partial charge on any atom is 0.161 e. The zero-order valence-electron chi connectivity index (χ0n) is 11.2. The van der Waals surface area contributed by atoms with Gasteiger partial charge >= 0.3 is 0 Å². The Morgan fingerprint density at radius 1 is 1.42 bits per heavy atom. The summed E-state index contributed by atoms with van der Waals surface area (Å²) in [5.41, 5.74) is 8.76. The van der Waals surface area contributed by atoms with Crippen molar-refractivity contribution in [3.63, 3.8) is 0 Å². The predicted octanol–water partition coefficient (Wildman–Crippen LogP) is 1.86. The van der Waals surface area contributed by atoms with E-state index < -0.39 is 0 Å². The summed E-state index contributed by atoms with van der Waals surface area (Å²) in [5, 5.41) is 7.57. The number of Topliss-reactive ketones (excluding diaryl/α,β-unsaturated/α-hetero) is 1. The molecule has 0 amide bonds. The van der Waals surface area contributed by atoms with E-state index in [1.165, 1.54) is 6.92 Å². The Kier molecular flexibility index (Phi) is 3.85. The van der Waals surface area contributed by atoms with E-state index in [4.69, 9.17) is 5.73 Å². The van der Waals surface area contributed by atoms with Crippen molar-refractivity contribution < 1.29 is 4.79 Å². The van der Waals surface area contributed by atoms with Gasteiger partial charge in [0.25, 0.3) is 0 Å². The van der Waals surface area contributed by atoms with Crippen LogP contribution in [-0.2, 0) is 13.5 Å². The molecule has 0 spiro atoms. The molecule has 0 aliphatic rings. The average Bonchev–Trinajstić information content (AvgIpc) is 2.77. The summed E-state index contributed by atoms with van der Waals surface area (Å²) >= 11 is 0. The van der Waals surface area contributed by atoms with Crippen LogP contribution in [0.1, 0.15) is 23.0 Å². The van der Waals surface area contributed by atoms with Gasteiger partial charge in [0.2, 0.25) is 0 Å². The largest absolute Gasteiger partial charge is 0.398 e. The van der Waals surface area contributed by atoms with E-state index in [1.807, 2.05) is 25.4 Å². The lowest BCUT2D eigenvalue weighted by molar-refractivity contribution is 0.101. The normalized spacial score (nSPS) is 10.4. The Bertz CT molecular complexity index is 589. The van der Waals surface area contributed by atoms with Crippen LogP contribution in [0.2, 0.25) is 0 Å². The fourth-order valence-corrected chi connectivity index (χ4v) is 1.90. The maximum absolute atomic E-state index is 11.4. The molecule has 0 fully saturated rings. The summed E-state index contributed by atoms with van der Waals surface area (Å²) in [6.07, 6.45) is 2.76. The van der Waals surface area contributed by atoms with Gasteiger partial charge in [0.1, 0.15) is 0 Å². The Morgan fingerprint density at radius 2 is 2.21 bits per heavy atom. The lowest BCUT2D eigenvalue weighted by Gasteiger charge is -2.08. The monoisotopic (exact) mass is 258 g/mol. The van der Waals surface area contributed by atoms with E-state index in [9.17, 15) is 4.79 Å². The van der Waals surface area contributed by atoms with Crippen LogP contribution in [0.15, 0.2) is 30.5 Å². The molecule has 5 heteroatoms. The summed E-state index contributed by atoms with van der Waals surface area (Å²) in [6.45, 7) is 2.28. The third-order valence-electron chi connectivity index (χ3n) is 2.91. The van der Waals surface area contributed by atoms with Crippen LogP contribution < -0.4 is 11.1 Å². The highest BCUT2D eigenvalue weighted by Gasteiger charge is 2.05. The zero-order valence-corrected chi connectivity index (χ0v) is 11.2. The fourth-order valence-electron chi connectivity index (χ4n) is 1.90. The van der Waals surface area contributed by atoms with Gasteiger partial charge in [-0.25, -0.2) is 0 Å². The van der Waals surface area contributed by atoms with Gasteiger partial charge in [-0.1, -0.05) is 0 Å². The van der Waals surface area contributed by atoms with Crippen molar-refractivity contribution in [3.05, 3.63) is 41.7 Å². The molecule has 5 nitrogen and oxygen atoms in total. The number of carbonyl (C=O) groups excluding carboxylic acids is 1. The van der Waals surface area contributed by atoms with Gasteiger partial charge in [0.15, 0.2) is 5.78 Å². The van der Waals surface area contributed by atoms with Crippen molar-refractivity contribution in [1.29, 1.82) is 0 Å². The first kappa shape index (κ1) is 13.1. The summed E-state index contributed by atoms with van der Waals surface area (Å²) in [4.78, 5) is 11.4. The van der Waals surface area contributed by atoms with Crippen LogP contribution in [-0.4, -0.2) is 22.1 Å². The summed E-state index contributed by atoms with van der Waals surface area (Å²) < 4.78 is 1.78. The van der Waals surface area contributed by atoms with E-state index in [0.717, 1.165) is 24.3 Å². The van der Waals surface area contributed by atoms with Gasteiger partial charge < -0.3 is 11.1 Å². The minimum Gasteiger partial charge on any atom is -0.398 e. The number of rotatable bonds is 5. The van der Waals surface area contributed by atoms with Crippen LogP contribution in [0, 0.1) is 0 Å². The molecule has 2 aromatic rings. The molecule has 3 N–H and O–H groups in total. The number of carbonyl (C=O) groups is 1. The van der Waals surface area contributed by atoms with Crippen molar-refractivity contribution >= 4 is 17.2 Å². The van der Waals surface area contributed by atoms with E-state index in [-0.39, 0.29) is 5.78 Å². The number of aromatic nitrogens is 2. The number of hydrogen-bond acceptors (Lipinski definition) is 4. The third-order valence-corrected chi connectivity index (χ3v) is 2.91. The van der Waals surface area contributed by atoms with Crippen molar-refractivity contribution in [2.24, 2.45) is 7.05 Å². The quantitative estimate of drug-likeness (QED) is 0.634. The Morgan fingerprint density at radius 3 is 2.84 bits per heavy atom. The maximum atomic E-state index is 11.4. The molecule has 2 rings (SSSR count). The molecule has 0 atom stereocenters. The second-order valence-corrected chi connectivity index (χ2v) is 4.52. The van der Waals surface area contributed by atoms with Gasteiger partial charge in [-0.05, 0) is 31.2 Å². The van der Waals surface area contributed by atoms with Crippen LogP contribution in [0.5, 0.6) is 0 Å². The highest BCUT2D eigenvalue weighted by atomic mass is 16.1. The molecule has 0 unspecified atom stereocenters. The average molecular weight is 258 g/mol. The predicted molar refractivity (Wildman–Crippen MR) is 76.3 cm³/mol. The second-order valence-electron chi connectivity index (χ2n) is 4.52. The summed E-state index contributed by atoms with van der Waals surface area (Å²) in [5.74, 6) is -0.0223. The van der Waals surface area contributed by atoms with Gasteiger partial charge in [-0.15, -0.1) is 0 Å². The molecular formula is C14H18N4O. The zero-order chi connectivity index (χ0) is 13.8. The van der Waals surface area contributed by atoms with Gasteiger partial charge in [0.05, 0.1) is 5.69 Å². The van der Waals surface area contributed by atoms with E-state index in [0.29, 0.717) is 11.3 Å². The molecule has 0 radical (unpaired) electrons. The summed E-state index contributed by atoms with van der Waals surface area (Å²) in [7, 11) is 1.90. The topological polar surface area (TPSA) is 72.9 Å². The first-order valence-electron chi connectivity index (χ1n) is 6.19. The molecule has 1 aromatic heterocycles. The number of nitrogens with two attached hydrogens (primary N) is 1. The van der Waals surface area contributed by atoms with Crippen molar-refractivity contribution in [2.75, 3.05) is 17.6 Å². The molecule has 0 saturated carbocycles. The van der Waals surface area contributed by atoms with Crippen molar-refractivity contribution in [3.8, 4) is 0 Å². The van der Waals surface area contributed by atoms with Crippen molar-refractivity contribution in [1.82, 2.24) is 9.78 Å². The van der Waals surface area contributed by atoms with Gasteiger partial charge in [-0.3, -0.25) is 9.48 Å². The molecule has 1 heterocycles. The lowest BCUT2D eigenvalue weighted by Crippen LogP contribution is -2.07.